The van der Waals surface area contributed by atoms with E-state index in [1.807, 2.05) is 6.92 Å². The molecule has 0 heterocycles. The highest BCUT2D eigenvalue weighted by Gasteiger charge is 2.20. The van der Waals surface area contributed by atoms with Gasteiger partial charge in [0, 0.05) is 5.92 Å². The van der Waals surface area contributed by atoms with Crippen molar-refractivity contribution in [2.75, 3.05) is 0 Å². The van der Waals surface area contributed by atoms with Gasteiger partial charge in [-0.25, -0.2) is 0 Å². The highest BCUT2D eigenvalue weighted by atomic mass is 16.3. The number of aliphatic hydroxyl groups is 1. The largest absolute Gasteiger partial charge is 0.386 e. The Balaban J connectivity index is 4.47. The van der Waals surface area contributed by atoms with Crippen molar-refractivity contribution < 1.29 is 9.90 Å². The highest BCUT2D eigenvalue weighted by Crippen LogP contribution is 2.22. The number of ketones is 1. The second-order valence-corrected chi connectivity index (χ2v) is 5.53. The Kier molecular flexibility index (Phi) is 10.8. The molecular weight excluding hydrogens is 236 g/mol. The number of carbonyl (C=O) groups excluding carboxylic acids is 1. The fourth-order valence-electron chi connectivity index (χ4n) is 2.29. The SMILES string of the molecule is CCCC/C=C(/CCCCCC)C(C)C(=O)C(C)O. The first-order valence-corrected chi connectivity index (χ1v) is 7.95. The van der Waals surface area contributed by atoms with Gasteiger partial charge in [-0.15, -0.1) is 0 Å². The van der Waals surface area contributed by atoms with Crippen LogP contribution in [0.1, 0.15) is 79.1 Å². The van der Waals surface area contributed by atoms with E-state index in [1.165, 1.54) is 37.7 Å². The van der Waals surface area contributed by atoms with Gasteiger partial charge in [0.05, 0.1) is 0 Å². The Hall–Kier alpha value is -0.630. The Morgan fingerprint density at radius 1 is 1.05 bits per heavy atom. The quantitative estimate of drug-likeness (QED) is 0.437. The minimum Gasteiger partial charge on any atom is -0.386 e. The summed E-state index contributed by atoms with van der Waals surface area (Å²) in [5.41, 5.74) is 1.23. The van der Waals surface area contributed by atoms with Crippen molar-refractivity contribution in [3.63, 3.8) is 0 Å². The molecule has 2 atom stereocenters. The lowest BCUT2D eigenvalue weighted by Gasteiger charge is -2.17. The van der Waals surface area contributed by atoms with Crippen molar-refractivity contribution in [2.24, 2.45) is 5.92 Å². The summed E-state index contributed by atoms with van der Waals surface area (Å²) in [5.74, 6) is -0.170. The molecule has 1 N–H and O–H groups in total. The van der Waals surface area contributed by atoms with Crippen LogP contribution in [-0.4, -0.2) is 17.0 Å². The van der Waals surface area contributed by atoms with Crippen LogP contribution in [0.2, 0.25) is 0 Å². The van der Waals surface area contributed by atoms with Gasteiger partial charge in [-0.1, -0.05) is 64.5 Å². The van der Waals surface area contributed by atoms with Crippen LogP contribution < -0.4 is 0 Å². The lowest BCUT2D eigenvalue weighted by molar-refractivity contribution is -0.128. The Labute approximate surface area is 119 Å². The van der Waals surface area contributed by atoms with E-state index in [4.69, 9.17) is 0 Å². The summed E-state index contributed by atoms with van der Waals surface area (Å²) in [6, 6.07) is 0. The van der Waals surface area contributed by atoms with E-state index < -0.39 is 6.10 Å². The van der Waals surface area contributed by atoms with Gasteiger partial charge >= 0.3 is 0 Å². The second-order valence-electron chi connectivity index (χ2n) is 5.53. The third-order valence-electron chi connectivity index (χ3n) is 3.68. The number of hydrogen-bond donors (Lipinski definition) is 1. The molecule has 0 saturated heterocycles. The maximum atomic E-state index is 11.9. The van der Waals surface area contributed by atoms with Crippen molar-refractivity contribution >= 4 is 5.78 Å². The maximum Gasteiger partial charge on any atom is 0.167 e. The number of aliphatic hydroxyl groups excluding tert-OH is 1. The molecule has 0 spiro atoms. The van der Waals surface area contributed by atoms with Gasteiger partial charge in [-0.2, -0.15) is 0 Å². The fraction of sp³-hybridized carbons (Fsp3) is 0.824. The topological polar surface area (TPSA) is 37.3 Å². The Bertz CT molecular complexity index is 266. The minimum absolute atomic E-state index is 0.0433. The van der Waals surface area contributed by atoms with Crippen LogP contribution in [0.25, 0.3) is 0 Å². The number of allylic oxidation sites excluding steroid dienone is 2. The fourth-order valence-corrected chi connectivity index (χ4v) is 2.29. The van der Waals surface area contributed by atoms with E-state index >= 15 is 0 Å². The monoisotopic (exact) mass is 268 g/mol. The van der Waals surface area contributed by atoms with E-state index in [1.54, 1.807) is 6.92 Å². The smallest absolute Gasteiger partial charge is 0.167 e. The van der Waals surface area contributed by atoms with Crippen LogP contribution >= 0.6 is 0 Å². The third-order valence-corrected chi connectivity index (χ3v) is 3.68. The standard InChI is InChI=1S/C17H32O2/c1-5-7-9-11-13-16(12-10-8-6-2)14(3)17(19)15(4)18/h12,14-15,18H,5-11,13H2,1-4H3/b16-12-. The van der Waals surface area contributed by atoms with Crippen LogP contribution in [0.4, 0.5) is 0 Å². The molecule has 0 rings (SSSR count). The number of rotatable bonds is 11. The zero-order valence-corrected chi connectivity index (χ0v) is 13.2. The average Bonchev–Trinajstić information content (AvgIpc) is 2.39. The summed E-state index contributed by atoms with van der Waals surface area (Å²) in [4.78, 5) is 11.9. The van der Waals surface area contributed by atoms with E-state index in [0.717, 1.165) is 19.3 Å². The second kappa shape index (κ2) is 11.2. The molecule has 0 aliphatic rings. The molecule has 19 heavy (non-hydrogen) atoms. The molecule has 0 aromatic carbocycles. The van der Waals surface area contributed by atoms with Gasteiger partial charge in [0.15, 0.2) is 5.78 Å². The Morgan fingerprint density at radius 3 is 2.21 bits per heavy atom. The predicted molar refractivity (Wildman–Crippen MR) is 82.2 cm³/mol. The Morgan fingerprint density at radius 2 is 1.68 bits per heavy atom. The molecular formula is C17H32O2. The van der Waals surface area contributed by atoms with Gasteiger partial charge in [-0.3, -0.25) is 4.79 Å². The minimum atomic E-state index is -0.847. The van der Waals surface area contributed by atoms with Gasteiger partial charge in [-0.05, 0) is 26.2 Å². The van der Waals surface area contributed by atoms with E-state index in [-0.39, 0.29) is 11.7 Å². The number of Topliss-reactive ketones (excluding diaryl/α,β-unsaturated/α-hetero) is 1. The summed E-state index contributed by atoms with van der Waals surface area (Å²) >= 11 is 0. The summed E-state index contributed by atoms with van der Waals surface area (Å²) in [6.45, 7) is 7.89. The highest BCUT2D eigenvalue weighted by molar-refractivity contribution is 5.86. The molecule has 0 aliphatic carbocycles. The summed E-state index contributed by atoms with van der Waals surface area (Å²) in [5, 5.41) is 9.44. The zero-order chi connectivity index (χ0) is 14.7. The summed E-state index contributed by atoms with van der Waals surface area (Å²) in [6.07, 6.45) is 10.7. The van der Waals surface area contributed by atoms with Crippen LogP contribution in [0.15, 0.2) is 11.6 Å². The van der Waals surface area contributed by atoms with Gasteiger partial charge < -0.3 is 5.11 Å². The van der Waals surface area contributed by atoms with E-state index in [2.05, 4.69) is 19.9 Å². The maximum absolute atomic E-state index is 11.9. The molecule has 112 valence electrons. The lowest BCUT2D eigenvalue weighted by Crippen LogP contribution is -2.25. The van der Waals surface area contributed by atoms with Crippen LogP contribution in [0, 0.1) is 5.92 Å². The first kappa shape index (κ1) is 18.4. The number of hydrogen-bond acceptors (Lipinski definition) is 2. The molecule has 0 fully saturated rings. The van der Waals surface area contributed by atoms with Gasteiger partial charge in [0.25, 0.3) is 0 Å². The van der Waals surface area contributed by atoms with Gasteiger partial charge in [0.2, 0.25) is 0 Å². The molecule has 0 bridgehead atoms. The first-order chi connectivity index (χ1) is 9.04. The van der Waals surface area contributed by atoms with Crippen molar-refractivity contribution in [3.8, 4) is 0 Å². The molecule has 0 aliphatic heterocycles. The van der Waals surface area contributed by atoms with Crippen molar-refractivity contribution in [3.05, 3.63) is 11.6 Å². The number of carbonyl (C=O) groups is 1. The molecule has 0 aromatic heterocycles. The summed E-state index contributed by atoms with van der Waals surface area (Å²) in [7, 11) is 0. The normalized spacial score (nSPS) is 15.3. The summed E-state index contributed by atoms with van der Waals surface area (Å²) < 4.78 is 0. The first-order valence-electron chi connectivity index (χ1n) is 7.95. The molecule has 0 saturated carbocycles. The predicted octanol–water partition coefficient (Wildman–Crippen LogP) is 4.66. The molecule has 2 unspecified atom stereocenters. The average molecular weight is 268 g/mol. The van der Waals surface area contributed by atoms with Crippen molar-refractivity contribution in [1.29, 1.82) is 0 Å². The van der Waals surface area contributed by atoms with Gasteiger partial charge in [0.1, 0.15) is 6.10 Å². The molecule has 0 aromatic rings. The lowest BCUT2D eigenvalue weighted by atomic mass is 9.89. The van der Waals surface area contributed by atoms with Crippen LogP contribution in [-0.2, 0) is 4.79 Å². The number of unbranched alkanes of at least 4 members (excludes halogenated alkanes) is 5. The molecule has 0 radical (unpaired) electrons. The van der Waals surface area contributed by atoms with E-state index in [0.29, 0.717) is 0 Å². The van der Waals surface area contributed by atoms with Crippen molar-refractivity contribution in [1.82, 2.24) is 0 Å². The third kappa shape index (κ3) is 8.20. The molecule has 2 nitrogen and oxygen atoms in total. The van der Waals surface area contributed by atoms with Crippen molar-refractivity contribution in [2.45, 2.75) is 85.2 Å². The van der Waals surface area contributed by atoms with Crippen LogP contribution in [0.5, 0.6) is 0 Å². The zero-order valence-electron chi connectivity index (χ0n) is 13.2. The molecule has 0 amide bonds. The molecule has 2 heteroatoms. The van der Waals surface area contributed by atoms with Crippen LogP contribution in [0.3, 0.4) is 0 Å². The van der Waals surface area contributed by atoms with E-state index in [9.17, 15) is 9.90 Å².